The van der Waals surface area contributed by atoms with Crippen LogP contribution in [0.3, 0.4) is 0 Å². The largest absolute Gasteiger partial charge is 0.459 e. The molecule has 2 aromatic rings. The predicted molar refractivity (Wildman–Crippen MR) is 68.7 cm³/mol. The van der Waals surface area contributed by atoms with Crippen LogP contribution in [0.5, 0.6) is 0 Å². The predicted octanol–water partition coefficient (Wildman–Crippen LogP) is 2.50. The van der Waals surface area contributed by atoms with E-state index in [1.165, 1.54) is 0 Å². The molecule has 1 aliphatic heterocycles. The lowest BCUT2D eigenvalue weighted by atomic mass is 10.1. The molecule has 0 amide bonds. The molecule has 0 radical (unpaired) electrons. The van der Waals surface area contributed by atoms with Crippen molar-refractivity contribution in [1.29, 1.82) is 0 Å². The summed E-state index contributed by atoms with van der Waals surface area (Å²) in [5, 5.41) is 1.63. The normalized spacial score (nSPS) is 22.2. The summed E-state index contributed by atoms with van der Waals surface area (Å²) < 4.78 is 16.6. The first-order valence-electron chi connectivity index (χ1n) is 5.88. The Morgan fingerprint density at radius 3 is 2.94 bits per heavy atom. The molecule has 3 rings (SSSR count). The molecular weight excluding hydrogens is 254 g/mol. The first kappa shape index (κ1) is 12.0. The fourth-order valence-electron chi connectivity index (χ4n) is 2.10. The zero-order valence-electron chi connectivity index (χ0n) is 9.77. The highest BCUT2D eigenvalue weighted by Gasteiger charge is 2.26. The van der Waals surface area contributed by atoms with Gasteiger partial charge in [0.1, 0.15) is 17.4 Å². The minimum absolute atomic E-state index is 0.158. The third-order valence-corrected chi connectivity index (χ3v) is 3.30. The Bertz CT molecular complexity index is 548. The highest BCUT2D eigenvalue weighted by molar-refractivity contribution is 6.31. The van der Waals surface area contributed by atoms with E-state index >= 15 is 0 Å². The molecule has 18 heavy (non-hydrogen) atoms. The molecule has 1 fully saturated rings. The Hall–Kier alpha value is -1.07. The number of hydrogen-bond acceptors (Lipinski definition) is 4. The van der Waals surface area contributed by atoms with Crippen molar-refractivity contribution in [3.8, 4) is 0 Å². The number of hydrogen-bond donors (Lipinski definition) is 1. The Morgan fingerprint density at radius 1 is 1.28 bits per heavy atom. The summed E-state index contributed by atoms with van der Waals surface area (Å²) in [6.07, 6.45) is -0.158. The second-order valence-electron chi connectivity index (χ2n) is 4.34. The van der Waals surface area contributed by atoms with Crippen LogP contribution in [-0.4, -0.2) is 25.9 Å². The van der Waals surface area contributed by atoms with Gasteiger partial charge in [-0.15, -0.1) is 0 Å². The minimum Gasteiger partial charge on any atom is -0.459 e. The summed E-state index contributed by atoms with van der Waals surface area (Å²) in [5.74, 6) is 0.697. The molecule has 1 aromatic carbocycles. The molecule has 0 bridgehead atoms. The summed E-state index contributed by atoms with van der Waals surface area (Å²) in [4.78, 5) is 0. The quantitative estimate of drug-likeness (QED) is 0.908. The molecule has 2 unspecified atom stereocenters. The lowest BCUT2D eigenvalue weighted by Crippen LogP contribution is -2.37. The average Bonchev–Trinajstić information content (AvgIpc) is 2.81. The summed E-state index contributed by atoms with van der Waals surface area (Å²) in [5.41, 5.74) is 6.92. The Kier molecular flexibility index (Phi) is 3.26. The van der Waals surface area contributed by atoms with Crippen molar-refractivity contribution in [2.45, 2.75) is 12.1 Å². The van der Waals surface area contributed by atoms with Crippen molar-refractivity contribution >= 4 is 22.6 Å². The Labute approximate surface area is 110 Å². The topological polar surface area (TPSA) is 57.6 Å². The van der Waals surface area contributed by atoms with Crippen LogP contribution in [0, 0.1) is 0 Å². The Balaban J connectivity index is 1.88. The summed E-state index contributed by atoms with van der Waals surface area (Å²) in [7, 11) is 0. The third-order valence-electron chi connectivity index (χ3n) is 3.07. The first-order chi connectivity index (χ1) is 8.74. The zero-order valence-corrected chi connectivity index (χ0v) is 10.5. The van der Waals surface area contributed by atoms with Gasteiger partial charge < -0.3 is 19.6 Å². The van der Waals surface area contributed by atoms with E-state index in [0.29, 0.717) is 30.6 Å². The second-order valence-corrected chi connectivity index (χ2v) is 4.78. The number of furan rings is 1. The van der Waals surface area contributed by atoms with Gasteiger partial charge in [0.05, 0.1) is 25.9 Å². The first-order valence-corrected chi connectivity index (χ1v) is 6.26. The minimum atomic E-state index is -0.323. The fourth-order valence-corrected chi connectivity index (χ4v) is 2.28. The lowest BCUT2D eigenvalue weighted by Gasteiger charge is -2.26. The van der Waals surface area contributed by atoms with Crippen LogP contribution < -0.4 is 5.73 Å². The molecule has 4 nitrogen and oxygen atoms in total. The zero-order chi connectivity index (χ0) is 12.5. The number of benzene rings is 1. The van der Waals surface area contributed by atoms with Crippen molar-refractivity contribution in [3.05, 3.63) is 35.0 Å². The SMILES string of the molecule is NC(c1cc2cc(Cl)ccc2o1)C1COCCO1. The van der Waals surface area contributed by atoms with Crippen LogP contribution >= 0.6 is 11.6 Å². The van der Waals surface area contributed by atoms with Crippen molar-refractivity contribution in [2.24, 2.45) is 5.73 Å². The van der Waals surface area contributed by atoms with E-state index < -0.39 is 0 Å². The second kappa shape index (κ2) is 4.90. The van der Waals surface area contributed by atoms with Gasteiger partial charge in [0.25, 0.3) is 0 Å². The van der Waals surface area contributed by atoms with Crippen molar-refractivity contribution in [2.75, 3.05) is 19.8 Å². The van der Waals surface area contributed by atoms with Gasteiger partial charge >= 0.3 is 0 Å². The van der Waals surface area contributed by atoms with Gasteiger partial charge in [-0.2, -0.15) is 0 Å². The van der Waals surface area contributed by atoms with Crippen LogP contribution in [0.25, 0.3) is 11.0 Å². The molecule has 1 aliphatic rings. The van der Waals surface area contributed by atoms with Crippen LogP contribution in [0.2, 0.25) is 5.02 Å². The monoisotopic (exact) mass is 267 g/mol. The van der Waals surface area contributed by atoms with Crippen LogP contribution in [0.15, 0.2) is 28.7 Å². The Morgan fingerprint density at radius 2 is 2.17 bits per heavy atom. The molecule has 1 saturated heterocycles. The maximum atomic E-state index is 6.14. The van der Waals surface area contributed by atoms with Crippen LogP contribution in [0.1, 0.15) is 11.8 Å². The molecule has 2 N–H and O–H groups in total. The van der Waals surface area contributed by atoms with Gasteiger partial charge in [-0.3, -0.25) is 0 Å². The average molecular weight is 268 g/mol. The maximum Gasteiger partial charge on any atom is 0.134 e. The molecule has 0 aliphatic carbocycles. The van der Waals surface area contributed by atoms with E-state index in [4.69, 9.17) is 31.2 Å². The number of fused-ring (bicyclic) bond motifs is 1. The smallest absolute Gasteiger partial charge is 0.134 e. The van der Waals surface area contributed by atoms with Gasteiger partial charge in [-0.1, -0.05) is 11.6 Å². The molecule has 1 aromatic heterocycles. The molecule has 96 valence electrons. The maximum absolute atomic E-state index is 6.14. The van der Waals surface area contributed by atoms with Gasteiger partial charge in [-0.05, 0) is 24.3 Å². The van der Waals surface area contributed by atoms with Gasteiger partial charge in [0.15, 0.2) is 0 Å². The summed E-state index contributed by atoms with van der Waals surface area (Å²) in [6, 6.07) is 7.07. The molecular formula is C13H14ClNO3. The number of halogens is 1. The number of rotatable bonds is 2. The molecule has 0 spiro atoms. The number of nitrogens with two attached hydrogens (primary N) is 1. The van der Waals surface area contributed by atoms with Crippen LogP contribution in [0.4, 0.5) is 0 Å². The highest BCUT2D eigenvalue weighted by atomic mass is 35.5. The summed E-state index contributed by atoms with van der Waals surface area (Å²) in [6.45, 7) is 1.70. The summed E-state index contributed by atoms with van der Waals surface area (Å²) >= 11 is 5.94. The molecule has 5 heteroatoms. The van der Waals surface area contributed by atoms with E-state index in [1.54, 1.807) is 6.07 Å². The van der Waals surface area contributed by atoms with E-state index in [-0.39, 0.29) is 12.1 Å². The van der Waals surface area contributed by atoms with E-state index in [1.807, 2.05) is 18.2 Å². The number of ether oxygens (including phenoxy) is 2. The standard InChI is InChI=1S/C13H14ClNO3/c14-9-1-2-10-8(5-9)6-11(18-10)13(15)12-7-16-3-4-17-12/h1-2,5-6,12-13H,3-4,7,15H2. The van der Waals surface area contributed by atoms with Gasteiger partial charge in [-0.25, -0.2) is 0 Å². The van der Waals surface area contributed by atoms with Crippen molar-refractivity contribution < 1.29 is 13.9 Å². The van der Waals surface area contributed by atoms with Crippen molar-refractivity contribution in [1.82, 2.24) is 0 Å². The fraction of sp³-hybridized carbons (Fsp3) is 0.385. The third kappa shape index (κ3) is 2.24. The van der Waals surface area contributed by atoms with Gasteiger partial charge in [0.2, 0.25) is 0 Å². The molecule has 2 heterocycles. The van der Waals surface area contributed by atoms with E-state index in [0.717, 1.165) is 11.0 Å². The molecule has 0 saturated carbocycles. The highest BCUT2D eigenvalue weighted by Crippen LogP contribution is 2.28. The van der Waals surface area contributed by atoms with Crippen molar-refractivity contribution in [3.63, 3.8) is 0 Å². The van der Waals surface area contributed by atoms with E-state index in [9.17, 15) is 0 Å². The van der Waals surface area contributed by atoms with E-state index in [2.05, 4.69) is 0 Å². The molecule has 2 atom stereocenters. The van der Waals surface area contributed by atoms with Gasteiger partial charge in [0, 0.05) is 10.4 Å². The lowest BCUT2D eigenvalue weighted by molar-refractivity contribution is -0.0994. The van der Waals surface area contributed by atoms with Crippen LogP contribution in [-0.2, 0) is 9.47 Å².